The van der Waals surface area contributed by atoms with Gasteiger partial charge in [0.1, 0.15) is 28.5 Å². The van der Waals surface area contributed by atoms with Crippen LogP contribution in [0.1, 0.15) is 12.7 Å². The molecule has 0 N–H and O–H groups in total. The van der Waals surface area contributed by atoms with Crippen molar-refractivity contribution in [1.29, 1.82) is 0 Å². The predicted octanol–water partition coefficient (Wildman–Crippen LogP) is 8.42. The predicted molar refractivity (Wildman–Crippen MR) is 158 cm³/mol. The van der Waals surface area contributed by atoms with Crippen LogP contribution in [-0.4, -0.2) is 23.3 Å². The quantitative estimate of drug-likeness (QED) is 0.224. The molecular weight excluding hydrogens is 500 g/mol. The summed E-state index contributed by atoms with van der Waals surface area (Å²) in [5.74, 6) is 3.18. The number of aryl methyl sites for hydroxylation is 1. The molecule has 0 saturated heterocycles. The summed E-state index contributed by atoms with van der Waals surface area (Å²) >= 11 is 0. The molecule has 7 nitrogen and oxygen atoms in total. The van der Waals surface area contributed by atoms with E-state index in [9.17, 15) is 0 Å². The van der Waals surface area contributed by atoms with Crippen LogP contribution in [0.5, 0.6) is 11.5 Å². The second-order valence-corrected chi connectivity index (χ2v) is 10.1. The number of hydrogen-bond donors (Lipinski definition) is 0. The maximum absolute atomic E-state index is 6.44. The molecule has 0 bridgehead atoms. The summed E-state index contributed by atoms with van der Waals surface area (Å²) in [5.41, 5.74) is 5.02. The van der Waals surface area contributed by atoms with E-state index in [0.717, 1.165) is 73.7 Å². The number of anilines is 3. The normalized spacial score (nSPS) is 13.2. The number of benzene rings is 4. The molecule has 0 fully saturated rings. The molecule has 0 amide bonds. The molecule has 4 heterocycles. The number of aromatic nitrogens is 2. The van der Waals surface area contributed by atoms with Gasteiger partial charge in [0.05, 0.1) is 23.9 Å². The highest BCUT2D eigenvalue weighted by atomic mass is 16.5. The Bertz CT molecular complexity index is 2050. The van der Waals surface area contributed by atoms with Crippen LogP contribution in [0.3, 0.4) is 0 Å². The molecule has 1 aliphatic rings. The topological polar surface area (TPSA) is 59.8 Å². The van der Waals surface area contributed by atoms with Gasteiger partial charge >= 0.3 is 6.01 Å². The minimum Gasteiger partial charge on any atom is -0.457 e. The Balaban J connectivity index is 1.18. The number of oxazole rings is 1. The van der Waals surface area contributed by atoms with Crippen molar-refractivity contribution in [3.8, 4) is 17.5 Å². The summed E-state index contributed by atoms with van der Waals surface area (Å²) in [6, 6.07) is 31.3. The highest BCUT2D eigenvalue weighted by Crippen LogP contribution is 2.47. The van der Waals surface area contributed by atoms with Crippen molar-refractivity contribution < 1.29 is 13.6 Å². The van der Waals surface area contributed by atoms with Gasteiger partial charge in [0.15, 0.2) is 0 Å². The van der Waals surface area contributed by atoms with Crippen molar-refractivity contribution in [3.05, 3.63) is 103 Å². The van der Waals surface area contributed by atoms with Crippen LogP contribution in [-0.2, 0) is 6.42 Å². The zero-order valence-corrected chi connectivity index (χ0v) is 22.2. The second kappa shape index (κ2) is 8.68. The van der Waals surface area contributed by atoms with E-state index in [1.54, 1.807) is 6.20 Å². The Hall–Kier alpha value is -5.17. The summed E-state index contributed by atoms with van der Waals surface area (Å²) < 4.78 is 20.9. The number of para-hydroxylation sites is 2. The van der Waals surface area contributed by atoms with E-state index in [-0.39, 0.29) is 0 Å². The van der Waals surface area contributed by atoms with Gasteiger partial charge in [-0.1, -0.05) is 43.3 Å². The average molecular weight is 527 g/mol. The summed E-state index contributed by atoms with van der Waals surface area (Å²) in [7, 11) is 2.09. The monoisotopic (exact) mass is 526 g/mol. The number of ether oxygens (including phenoxy) is 1. The largest absolute Gasteiger partial charge is 0.457 e. The number of furan rings is 1. The average Bonchev–Trinajstić information content (AvgIpc) is 3.74. The van der Waals surface area contributed by atoms with Gasteiger partial charge in [0, 0.05) is 47.4 Å². The van der Waals surface area contributed by atoms with E-state index in [0.29, 0.717) is 12.7 Å². The van der Waals surface area contributed by atoms with Crippen LogP contribution in [0.4, 0.5) is 17.3 Å². The molecule has 7 heteroatoms. The third-order valence-corrected chi connectivity index (χ3v) is 7.62. The van der Waals surface area contributed by atoms with Gasteiger partial charge in [-0.05, 0) is 42.5 Å². The van der Waals surface area contributed by atoms with E-state index in [1.165, 1.54) is 0 Å². The highest BCUT2D eigenvalue weighted by molar-refractivity contribution is 6.09. The van der Waals surface area contributed by atoms with Crippen LogP contribution in [0.15, 0.2) is 106 Å². The van der Waals surface area contributed by atoms with Crippen LogP contribution in [0.25, 0.3) is 38.8 Å². The van der Waals surface area contributed by atoms with Crippen LogP contribution < -0.4 is 14.5 Å². The lowest BCUT2D eigenvalue weighted by atomic mass is 10.1. The Labute approximate surface area is 230 Å². The molecule has 0 atom stereocenters. The first-order chi connectivity index (χ1) is 19.7. The minimum absolute atomic E-state index is 0.557. The fourth-order valence-electron chi connectivity index (χ4n) is 5.75. The van der Waals surface area contributed by atoms with Crippen LogP contribution >= 0.6 is 0 Å². The van der Waals surface area contributed by atoms with Gasteiger partial charge in [0.25, 0.3) is 0 Å². The third-order valence-electron chi connectivity index (χ3n) is 7.62. The standard InChI is InChI=1S/C33H26N4O3/c1-3-22-19-34-33(39-22)37-28-13-6-4-11-25(28)26-16-15-24(18-29(26)37)38-23-10-8-9-21(17-23)36-20-35(2)31-27-12-5-7-14-30(27)40-32(31)36/h4-19H,3,20H2,1-2H3. The number of fused-ring (bicyclic) bond motifs is 6. The van der Waals surface area contributed by atoms with Crippen LogP contribution in [0.2, 0.25) is 0 Å². The Morgan fingerprint density at radius 3 is 2.48 bits per heavy atom. The van der Waals surface area contributed by atoms with E-state index in [4.69, 9.17) is 13.6 Å². The lowest BCUT2D eigenvalue weighted by molar-refractivity contribution is 0.482. The molecule has 0 aliphatic carbocycles. The van der Waals surface area contributed by atoms with Gasteiger partial charge in [0.2, 0.25) is 5.88 Å². The Morgan fingerprint density at radius 2 is 1.60 bits per heavy atom. The SMILES string of the molecule is CCc1cnc(-n2c3ccccc3c3ccc(Oc4cccc(N5CN(C)c6c5oc5ccccc65)c4)cc32)o1. The molecule has 1 aliphatic heterocycles. The van der Waals surface area contributed by atoms with Gasteiger partial charge in [-0.25, -0.2) is 4.98 Å². The molecule has 8 rings (SSSR count). The second-order valence-electron chi connectivity index (χ2n) is 10.1. The minimum atomic E-state index is 0.557. The zero-order valence-electron chi connectivity index (χ0n) is 22.2. The molecule has 196 valence electrons. The fourth-order valence-corrected chi connectivity index (χ4v) is 5.75. The van der Waals surface area contributed by atoms with E-state index >= 15 is 0 Å². The van der Waals surface area contributed by atoms with E-state index in [1.807, 2.05) is 42.5 Å². The van der Waals surface area contributed by atoms with E-state index < -0.39 is 0 Å². The van der Waals surface area contributed by atoms with Crippen molar-refractivity contribution in [2.45, 2.75) is 13.3 Å². The maximum Gasteiger partial charge on any atom is 0.306 e. The number of nitrogens with zero attached hydrogens (tertiary/aromatic N) is 4. The lowest BCUT2D eigenvalue weighted by Crippen LogP contribution is -2.24. The smallest absolute Gasteiger partial charge is 0.306 e. The first kappa shape index (κ1) is 22.8. The van der Waals surface area contributed by atoms with E-state index in [2.05, 4.69) is 81.9 Å². The summed E-state index contributed by atoms with van der Waals surface area (Å²) in [6.45, 7) is 2.76. The molecule has 0 radical (unpaired) electrons. The van der Waals surface area contributed by atoms with Gasteiger partial charge in [-0.2, -0.15) is 0 Å². The number of hydrogen-bond acceptors (Lipinski definition) is 6. The molecule has 40 heavy (non-hydrogen) atoms. The molecular formula is C33H26N4O3. The molecule has 4 aromatic carbocycles. The highest BCUT2D eigenvalue weighted by Gasteiger charge is 2.31. The molecule has 0 saturated carbocycles. The van der Waals surface area contributed by atoms with Gasteiger partial charge < -0.3 is 18.5 Å². The van der Waals surface area contributed by atoms with Crippen molar-refractivity contribution >= 4 is 50.0 Å². The first-order valence-corrected chi connectivity index (χ1v) is 13.4. The van der Waals surface area contributed by atoms with Crippen molar-refractivity contribution in [2.24, 2.45) is 0 Å². The Morgan fingerprint density at radius 1 is 0.800 bits per heavy atom. The van der Waals surface area contributed by atoms with Crippen LogP contribution in [0, 0.1) is 0 Å². The molecule has 7 aromatic rings. The Kier molecular flexibility index (Phi) is 4.94. The molecule has 3 aromatic heterocycles. The lowest BCUT2D eigenvalue weighted by Gasteiger charge is -2.19. The van der Waals surface area contributed by atoms with Crippen molar-refractivity contribution in [2.75, 3.05) is 23.5 Å². The zero-order chi connectivity index (χ0) is 26.8. The van der Waals surface area contributed by atoms with Crippen molar-refractivity contribution in [1.82, 2.24) is 9.55 Å². The maximum atomic E-state index is 6.44. The number of rotatable bonds is 5. The molecule has 0 spiro atoms. The van der Waals surface area contributed by atoms with Crippen molar-refractivity contribution in [3.63, 3.8) is 0 Å². The first-order valence-electron chi connectivity index (χ1n) is 13.4. The molecule has 0 unspecified atom stereocenters. The fraction of sp³-hybridized carbons (Fsp3) is 0.121. The van der Waals surface area contributed by atoms with Gasteiger partial charge in [-0.3, -0.25) is 9.47 Å². The van der Waals surface area contributed by atoms with Gasteiger partial charge in [-0.15, -0.1) is 0 Å². The summed E-state index contributed by atoms with van der Waals surface area (Å²) in [4.78, 5) is 8.97. The summed E-state index contributed by atoms with van der Waals surface area (Å²) in [5, 5.41) is 3.38. The summed E-state index contributed by atoms with van der Waals surface area (Å²) in [6.07, 6.45) is 2.59. The third kappa shape index (κ3) is 3.41.